The quantitative estimate of drug-likeness (QED) is 0.677. The fourth-order valence-corrected chi connectivity index (χ4v) is 2.82. The Morgan fingerprint density at radius 2 is 1.74 bits per heavy atom. The summed E-state index contributed by atoms with van der Waals surface area (Å²) in [6.45, 7) is 2.20. The SMILES string of the molecule is Cc1cccc(-n2ccn(CC(=O)NCCc3ccccc3)c(=O)c2=O)c1. The molecule has 0 radical (unpaired) electrons. The lowest BCUT2D eigenvalue weighted by molar-refractivity contribution is -0.121. The first-order valence-electron chi connectivity index (χ1n) is 8.74. The van der Waals surface area contributed by atoms with Crippen LogP contribution in [-0.2, 0) is 17.8 Å². The van der Waals surface area contributed by atoms with Crippen molar-refractivity contribution in [1.82, 2.24) is 14.5 Å². The minimum Gasteiger partial charge on any atom is -0.354 e. The predicted octanol–water partition coefficient (Wildman–Crippen LogP) is 1.67. The van der Waals surface area contributed by atoms with Crippen LogP contribution in [0.1, 0.15) is 11.1 Å². The molecule has 0 saturated heterocycles. The molecule has 138 valence electrons. The highest BCUT2D eigenvalue weighted by molar-refractivity contribution is 5.75. The van der Waals surface area contributed by atoms with Gasteiger partial charge in [-0.05, 0) is 36.6 Å². The number of rotatable bonds is 6. The standard InChI is InChI=1S/C21H21N3O3/c1-16-6-5-9-18(14-16)24-13-12-23(20(26)21(24)27)15-19(25)22-11-10-17-7-3-2-4-8-17/h2-9,12-14H,10-11,15H2,1H3,(H,22,25). The summed E-state index contributed by atoms with van der Waals surface area (Å²) in [5, 5.41) is 2.77. The lowest BCUT2D eigenvalue weighted by Crippen LogP contribution is -2.42. The van der Waals surface area contributed by atoms with Crippen molar-refractivity contribution in [3.8, 4) is 5.69 Å². The van der Waals surface area contributed by atoms with E-state index in [4.69, 9.17) is 0 Å². The Hall–Kier alpha value is -3.41. The van der Waals surface area contributed by atoms with Gasteiger partial charge in [-0.2, -0.15) is 0 Å². The van der Waals surface area contributed by atoms with Crippen LogP contribution in [0.15, 0.2) is 76.6 Å². The van der Waals surface area contributed by atoms with Crippen molar-refractivity contribution in [2.45, 2.75) is 19.9 Å². The number of aromatic nitrogens is 2. The second-order valence-electron chi connectivity index (χ2n) is 6.33. The van der Waals surface area contributed by atoms with Crippen LogP contribution in [-0.4, -0.2) is 21.6 Å². The van der Waals surface area contributed by atoms with E-state index in [2.05, 4.69) is 5.32 Å². The molecule has 6 heteroatoms. The fourth-order valence-electron chi connectivity index (χ4n) is 2.82. The lowest BCUT2D eigenvalue weighted by atomic mass is 10.1. The van der Waals surface area contributed by atoms with E-state index in [9.17, 15) is 14.4 Å². The average Bonchev–Trinajstić information content (AvgIpc) is 2.66. The Labute approximate surface area is 156 Å². The zero-order chi connectivity index (χ0) is 19.2. The summed E-state index contributed by atoms with van der Waals surface area (Å²) in [6, 6.07) is 17.1. The summed E-state index contributed by atoms with van der Waals surface area (Å²) in [5.74, 6) is -0.305. The van der Waals surface area contributed by atoms with E-state index in [0.717, 1.165) is 15.7 Å². The van der Waals surface area contributed by atoms with Gasteiger partial charge in [0.05, 0.1) is 0 Å². The molecule has 0 bridgehead atoms. The maximum absolute atomic E-state index is 12.4. The van der Waals surface area contributed by atoms with Crippen molar-refractivity contribution < 1.29 is 4.79 Å². The Bertz CT molecular complexity index is 1050. The van der Waals surface area contributed by atoms with Gasteiger partial charge in [-0.25, -0.2) is 0 Å². The number of aryl methyl sites for hydroxylation is 1. The van der Waals surface area contributed by atoms with Gasteiger partial charge in [0.25, 0.3) is 0 Å². The van der Waals surface area contributed by atoms with Crippen LogP contribution >= 0.6 is 0 Å². The van der Waals surface area contributed by atoms with E-state index in [1.807, 2.05) is 55.5 Å². The number of hydrogen-bond donors (Lipinski definition) is 1. The van der Waals surface area contributed by atoms with Crippen molar-refractivity contribution >= 4 is 5.91 Å². The lowest BCUT2D eigenvalue weighted by Gasteiger charge is -2.10. The number of carbonyl (C=O) groups excluding carboxylic acids is 1. The third-order valence-electron chi connectivity index (χ3n) is 4.23. The summed E-state index contributed by atoms with van der Waals surface area (Å²) in [4.78, 5) is 36.8. The Morgan fingerprint density at radius 3 is 2.48 bits per heavy atom. The number of benzene rings is 2. The van der Waals surface area contributed by atoms with Gasteiger partial charge in [0.2, 0.25) is 5.91 Å². The molecule has 0 atom stereocenters. The van der Waals surface area contributed by atoms with Crippen molar-refractivity contribution in [2.24, 2.45) is 0 Å². The second kappa shape index (κ2) is 8.31. The molecule has 1 amide bonds. The summed E-state index contributed by atoms with van der Waals surface area (Å²) < 4.78 is 2.42. The predicted molar refractivity (Wildman–Crippen MR) is 104 cm³/mol. The molecule has 0 aliphatic carbocycles. The molecule has 27 heavy (non-hydrogen) atoms. The van der Waals surface area contributed by atoms with Crippen molar-refractivity contribution in [1.29, 1.82) is 0 Å². The van der Waals surface area contributed by atoms with Crippen LogP contribution in [0.3, 0.4) is 0 Å². The highest BCUT2D eigenvalue weighted by Crippen LogP contribution is 2.06. The van der Waals surface area contributed by atoms with E-state index in [1.165, 1.54) is 17.0 Å². The first-order valence-corrected chi connectivity index (χ1v) is 8.74. The largest absolute Gasteiger partial charge is 0.354 e. The van der Waals surface area contributed by atoms with Crippen molar-refractivity contribution in [3.63, 3.8) is 0 Å². The molecule has 0 spiro atoms. The molecule has 6 nitrogen and oxygen atoms in total. The molecule has 0 unspecified atom stereocenters. The summed E-state index contributed by atoms with van der Waals surface area (Å²) in [7, 11) is 0. The van der Waals surface area contributed by atoms with E-state index in [0.29, 0.717) is 18.7 Å². The van der Waals surface area contributed by atoms with Gasteiger partial charge in [-0.1, -0.05) is 42.5 Å². The van der Waals surface area contributed by atoms with Gasteiger partial charge in [0, 0.05) is 24.6 Å². The third kappa shape index (κ3) is 4.61. The minimum atomic E-state index is -0.725. The number of nitrogens with one attached hydrogen (secondary N) is 1. The van der Waals surface area contributed by atoms with Crippen molar-refractivity contribution in [2.75, 3.05) is 6.54 Å². The van der Waals surface area contributed by atoms with Gasteiger partial charge >= 0.3 is 11.1 Å². The Kier molecular flexibility index (Phi) is 5.66. The smallest absolute Gasteiger partial charge is 0.320 e. The number of carbonyl (C=O) groups is 1. The molecule has 1 aromatic heterocycles. The highest BCUT2D eigenvalue weighted by atomic mass is 16.2. The van der Waals surface area contributed by atoms with Crippen LogP contribution in [0, 0.1) is 6.92 Å². The van der Waals surface area contributed by atoms with Gasteiger partial charge < -0.3 is 5.32 Å². The van der Waals surface area contributed by atoms with Crippen LogP contribution in [0.2, 0.25) is 0 Å². The summed E-state index contributed by atoms with van der Waals surface area (Å²) in [5.41, 5.74) is 1.33. The second-order valence-corrected chi connectivity index (χ2v) is 6.33. The Balaban J connectivity index is 1.67. The molecule has 0 fully saturated rings. The molecule has 3 rings (SSSR count). The number of amides is 1. The minimum absolute atomic E-state index is 0.183. The topological polar surface area (TPSA) is 73.1 Å². The van der Waals surface area contributed by atoms with Crippen molar-refractivity contribution in [3.05, 3.63) is 98.8 Å². The van der Waals surface area contributed by atoms with Gasteiger partial charge in [0.1, 0.15) is 6.54 Å². The van der Waals surface area contributed by atoms with E-state index >= 15 is 0 Å². The third-order valence-corrected chi connectivity index (χ3v) is 4.23. The maximum Gasteiger partial charge on any atom is 0.320 e. The molecule has 3 aromatic rings. The number of hydrogen-bond acceptors (Lipinski definition) is 3. The molecular weight excluding hydrogens is 342 g/mol. The van der Waals surface area contributed by atoms with Gasteiger partial charge in [0.15, 0.2) is 0 Å². The normalized spacial score (nSPS) is 10.6. The van der Waals surface area contributed by atoms with Gasteiger partial charge in [-0.3, -0.25) is 23.5 Å². The molecule has 2 aromatic carbocycles. The zero-order valence-corrected chi connectivity index (χ0v) is 15.1. The van der Waals surface area contributed by atoms with E-state index in [1.54, 1.807) is 6.07 Å². The van der Waals surface area contributed by atoms with Crippen LogP contribution in [0.4, 0.5) is 0 Å². The summed E-state index contributed by atoms with van der Waals surface area (Å²) >= 11 is 0. The molecule has 1 N–H and O–H groups in total. The molecule has 0 aliphatic rings. The van der Waals surface area contributed by atoms with E-state index in [-0.39, 0.29) is 12.5 Å². The van der Waals surface area contributed by atoms with E-state index < -0.39 is 11.1 Å². The fraction of sp³-hybridized carbons (Fsp3) is 0.190. The average molecular weight is 363 g/mol. The molecular formula is C21H21N3O3. The molecule has 1 heterocycles. The first kappa shape index (κ1) is 18.4. The summed E-state index contributed by atoms with van der Waals surface area (Å²) in [6.07, 6.45) is 3.68. The monoisotopic (exact) mass is 363 g/mol. The zero-order valence-electron chi connectivity index (χ0n) is 15.1. The molecule has 0 saturated carbocycles. The van der Waals surface area contributed by atoms with Crippen LogP contribution in [0.25, 0.3) is 5.69 Å². The van der Waals surface area contributed by atoms with Crippen LogP contribution < -0.4 is 16.4 Å². The Morgan fingerprint density at radius 1 is 0.963 bits per heavy atom. The number of nitrogens with zero attached hydrogens (tertiary/aromatic N) is 2. The van der Waals surface area contributed by atoms with Gasteiger partial charge in [-0.15, -0.1) is 0 Å². The van der Waals surface area contributed by atoms with Crippen LogP contribution in [0.5, 0.6) is 0 Å². The first-order chi connectivity index (χ1) is 13.0. The maximum atomic E-state index is 12.4. The molecule has 0 aliphatic heterocycles. The highest BCUT2D eigenvalue weighted by Gasteiger charge is 2.10.